The highest BCUT2D eigenvalue weighted by molar-refractivity contribution is 5.80. The van der Waals surface area contributed by atoms with Gasteiger partial charge in [0, 0.05) is 17.5 Å². The Hall–Kier alpha value is -1.83. The van der Waals surface area contributed by atoms with E-state index >= 15 is 0 Å². The monoisotopic (exact) mass is 293 g/mol. The van der Waals surface area contributed by atoms with Crippen molar-refractivity contribution >= 4 is 5.91 Å². The Labute approximate surface area is 132 Å². The molecule has 1 aromatic rings. The Bertz CT molecular complexity index is 645. The Morgan fingerprint density at radius 1 is 1.18 bits per heavy atom. The van der Waals surface area contributed by atoms with Crippen LogP contribution in [-0.4, -0.2) is 10.8 Å². The SMILES string of the molecule is C=C1CC[C@H]2CCC=C3N(Cc4ccccc4)C(=O)CC[C@@]132. The number of carbonyl (C=O) groups is 1. The molecule has 0 bridgehead atoms. The van der Waals surface area contributed by atoms with Crippen LogP contribution in [0.3, 0.4) is 0 Å². The third-order valence-corrected chi connectivity index (χ3v) is 5.94. The maximum absolute atomic E-state index is 12.6. The summed E-state index contributed by atoms with van der Waals surface area (Å²) in [5.41, 5.74) is 3.95. The van der Waals surface area contributed by atoms with Gasteiger partial charge in [0.05, 0.1) is 6.54 Å². The van der Waals surface area contributed by atoms with E-state index < -0.39 is 0 Å². The number of likely N-dealkylation sites (tertiary alicyclic amines) is 1. The highest BCUT2D eigenvalue weighted by atomic mass is 16.2. The second-order valence-electron chi connectivity index (χ2n) is 6.94. The fraction of sp³-hybridized carbons (Fsp3) is 0.450. The van der Waals surface area contributed by atoms with E-state index in [1.807, 2.05) is 18.2 Å². The molecule has 1 saturated carbocycles. The van der Waals surface area contributed by atoms with Crippen molar-refractivity contribution < 1.29 is 4.79 Å². The van der Waals surface area contributed by atoms with Crippen LogP contribution in [0.5, 0.6) is 0 Å². The smallest absolute Gasteiger partial charge is 0.227 e. The quantitative estimate of drug-likeness (QED) is 0.738. The molecule has 2 heteroatoms. The number of benzene rings is 1. The molecule has 1 aliphatic heterocycles. The molecule has 1 amide bonds. The lowest BCUT2D eigenvalue weighted by atomic mass is 9.63. The molecule has 1 saturated heterocycles. The zero-order valence-electron chi connectivity index (χ0n) is 13.1. The molecular formula is C20H23NO. The standard InChI is InChI=1S/C20H23NO/c1-15-10-11-17-8-5-9-18-20(15,17)13-12-19(22)21(18)14-16-6-3-2-4-7-16/h2-4,6-7,9,17H,1,5,8,10-14H2/t17-,20+/m1/s1. The molecule has 4 rings (SSSR count). The van der Waals surface area contributed by atoms with E-state index in [0.717, 1.165) is 19.3 Å². The second-order valence-corrected chi connectivity index (χ2v) is 6.94. The van der Waals surface area contributed by atoms with Crippen molar-refractivity contribution in [3.05, 3.63) is 59.8 Å². The lowest BCUT2D eigenvalue weighted by molar-refractivity contribution is -0.134. The van der Waals surface area contributed by atoms with Crippen LogP contribution in [0.1, 0.15) is 44.1 Å². The third kappa shape index (κ3) is 1.89. The molecule has 1 aromatic carbocycles. The van der Waals surface area contributed by atoms with Crippen molar-refractivity contribution in [3.8, 4) is 0 Å². The first-order valence-electron chi connectivity index (χ1n) is 8.45. The summed E-state index contributed by atoms with van der Waals surface area (Å²) in [5, 5.41) is 0. The van der Waals surface area contributed by atoms with Gasteiger partial charge in [0.15, 0.2) is 0 Å². The highest BCUT2D eigenvalue weighted by Crippen LogP contribution is 2.60. The molecule has 1 spiro atoms. The third-order valence-electron chi connectivity index (χ3n) is 5.94. The summed E-state index contributed by atoms with van der Waals surface area (Å²) < 4.78 is 0. The van der Waals surface area contributed by atoms with Crippen LogP contribution in [0.4, 0.5) is 0 Å². The van der Waals surface area contributed by atoms with Gasteiger partial charge in [-0.3, -0.25) is 4.79 Å². The van der Waals surface area contributed by atoms with Crippen molar-refractivity contribution in [3.63, 3.8) is 0 Å². The highest BCUT2D eigenvalue weighted by Gasteiger charge is 2.53. The van der Waals surface area contributed by atoms with E-state index in [4.69, 9.17) is 0 Å². The Morgan fingerprint density at radius 3 is 2.82 bits per heavy atom. The predicted molar refractivity (Wildman–Crippen MR) is 87.8 cm³/mol. The van der Waals surface area contributed by atoms with Crippen LogP contribution >= 0.6 is 0 Å². The van der Waals surface area contributed by atoms with Gasteiger partial charge in [-0.1, -0.05) is 48.6 Å². The van der Waals surface area contributed by atoms with Crippen LogP contribution < -0.4 is 0 Å². The van der Waals surface area contributed by atoms with Gasteiger partial charge in [-0.2, -0.15) is 0 Å². The van der Waals surface area contributed by atoms with E-state index in [0.29, 0.717) is 18.9 Å². The molecule has 2 nitrogen and oxygen atoms in total. The van der Waals surface area contributed by atoms with Gasteiger partial charge in [-0.05, 0) is 43.6 Å². The normalized spacial score (nSPS) is 30.8. The molecule has 0 unspecified atom stereocenters. The zero-order valence-corrected chi connectivity index (χ0v) is 13.1. The number of allylic oxidation sites excluding steroid dienone is 2. The molecule has 3 aliphatic rings. The van der Waals surface area contributed by atoms with E-state index in [-0.39, 0.29) is 11.3 Å². The molecular weight excluding hydrogens is 270 g/mol. The molecule has 1 heterocycles. The number of hydrogen-bond acceptors (Lipinski definition) is 1. The summed E-state index contributed by atoms with van der Waals surface area (Å²) in [6, 6.07) is 10.3. The molecule has 22 heavy (non-hydrogen) atoms. The van der Waals surface area contributed by atoms with Crippen LogP contribution in [0.2, 0.25) is 0 Å². The fourth-order valence-corrected chi connectivity index (χ4v) is 4.86. The molecule has 0 aromatic heterocycles. The van der Waals surface area contributed by atoms with Gasteiger partial charge in [-0.15, -0.1) is 0 Å². The average molecular weight is 293 g/mol. The minimum absolute atomic E-state index is 0.0982. The molecule has 2 aliphatic carbocycles. The summed E-state index contributed by atoms with van der Waals surface area (Å²) in [5.74, 6) is 0.979. The number of piperidine rings is 1. The molecule has 2 atom stereocenters. The number of amides is 1. The summed E-state index contributed by atoms with van der Waals surface area (Å²) >= 11 is 0. The van der Waals surface area contributed by atoms with Gasteiger partial charge in [0.25, 0.3) is 0 Å². The van der Waals surface area contributed by atoms with Gasteiger partial charge in [0.2, 0.25) is 5.91 Å². The number of hydrogen-bond donors (Lipinski definition) is 0. The van der Waals surface area contributed by atoms with Crippen LogP contribution in [0, 0.1) is 11.3 Å². The maximum Gasteiger partial charge on any atom is 0.227 e. The topological polar surface area (TPSA) is 20.3 Å². The molecule has 0 radical (unpaired) electrons. The van der Waals surface area contributed by atoms with Crippen molar-refractivity contribution in [2.45, 2.75) is 45.1 Å². The number of carbonyl (C=O) groups excluding carboxylic acids is 1. The minimum Gasteiger partial charge on any atom is -0.311 e. The van der Waals surface area contributed by atoms with Crippen molar-refractivity contribution in [2.24, 2.45) is 11.3 Å². The Balaban J connectivity index is 1.73. The van der Waals surface area contributed by atoms with Gasteiger partial charge < -0.3 is 4.90 Å². The van der Waals surface area contributed by atoms with E-state index in [9.17, 15) is 4.79 Å². The summed E-state index contributed by atoms with van der Waals surface area (Å²) in [7, 11) is 0. The number of nitrogens with zero attached hydrogens (tertiary/aromatic N) is 1. The van der Waals surface area contributed by atoms with Crippen molar-refractivity contribution in [2.75, 3.05) is 0 Å². The van der Waals surface area contributed by atoms with Gasteiger partial charge in [-0.25, -0.2) is 0 Å². The lowest BCUT2D eigenvalue weighted by Crippen LogP contribution is -2.47. The van der Waals surface area contributed by atoms with Crippen molar-refractivity contribution in [1.29, 1.82) is 0 Å². The van der Waals surface area contributed by atoms with Crippen LogP contribution in [-0.2, 0) is 11.3 Å². The molecule has 2 fully saturated rings. The second kappa shape index (κ2) is 5.12. The predicted octanol–water partition coefficient (Wildman–Crippen LogP) is 4.44. The Morgan fingerprint density at radius 2 is 2.00 bits per heavy atom. The van der Waals surface area contributed by atoms with E-state index in [1.165, 1.54) is 29.7 Å². The van der Waals surface area contributed by atoms with Gasteiger partial charge >= 0.3 is 0 Å². The van der Waals surface area contributed by atoms with E-state index in [2.05, 4.69) is 29.7 Å². The molecule has 114 valence electrons. The number of rotatable bonds is 2. The largest absolute Gasteiger partial charge is 0.311 e. The van der Waals surface area contributed by atoms with Crippen LogP contribution in [0.25, 0.3) is 0 Å². The lowest BCUT2D eigenvalue weighted by Gasteiger charge is -2.49. The summed E-state index contributed by atoms with van der Waals surface area (Å²) in [6.45, 7) is 5.10. The maximum atomic E-state index is 12.6. The van der Waals surface area contributed by atoms with Crippen molar-refractivity contribution in [1.82, 2.24) is 4.90 Å². The first kappa shape index (κ1) is 13.8. The summed E-state index contributed by atoms with van der Waals surface area (Å²) in [6.07, 6.45) is 8.72. The van der Waals surface area contributed by atoms with E-state index in [1.54, 1.807) is 0 Å². The Kier molecular flexibility index (Phi) is 3.21. The first-order chi connectivity index (χ1) is 10.7. The minimum atomic E-state index is 0.0982. The van der Waals surface area contributed by atoms with Crippen LogP contribution in [0.15, 0.2) is 54.3 Å². The first-order valence-corrected chi connectivity index (χ1v) is 8.45. The van der Waals surface area contributed by atoms with Gasteiger partial charge in [0.1, 0.15) is 0 Å². The zero-order chi connectivity index (χ0) is 15.2. The molecule has 0 N–H and O–H groups in total. The fourth-order valence-electron chi connectivity index (χ4n) is 4.86. The average Bonchev–Trinajstić information content (AvgIpc) is 2.88. The summed E-state index contributed by atoms with van der Waals surface area (Å²) in [4.78, 5) is 14.7.